The first-order valence-corrected chi connectivity index (χ1v) is 10.8. The standard InChI is InChI=1S/C23H34O5/c1-13(24)17-8-10-23(27)18-6-5-15-11-16(28-14(2)25)7-9-21(15,3)19(18)12-20(26)22(17,23)4/h5,16-20,26-27H,6-12H2,1-4H3/t16-,17+,18?,19?,20+,21-,22-,23-/m0/s1. The summed E-state index contributed by atoms with van der Waals surface area (Å²) >= 11 is 0. The van der Waals surface area contributed by atoms with E-state index in [4.69, 9.17) is 4.74 Å². The number of ether oxygens (including phenoxy) is 1. The molecule has 2 unspecified atom stereocenters. The van der Waals surface area contributed by atoms with Crippen LogP contribution in [-0.4, -0.2) is 39.8 Å². The van der Waals surface area contributed by atoms with Gasteiger partial charge in [0.15, 0.2) is 0 Å². The Morgan fingerprint density at radius 3 is 2.50 bits per heavy atom. The maximum absolute atomic E-state index is 12.3. The molecule has 0 aliphatic heterocycles. The van der Waals surface area contributed by atoms with Crippen molar-refractivity contribution in [3.8, 4) is 0 Å². The highest BCUT2D eigenvalue weighted by Gasteiger charge is 2.70. The number of carbonyl (C=O) groups excluding carboxylic acids is 2. The van der Waals surface area contributed by atoms with Gasteiger partial charge in [-0.1, -0.05) is 25.5 Å². The summed E-state index contributed by atoms with van der Waals surface area (Å²) in [5.74, 6) is -0.182. The second kappa shape index (κ2) is 6.40. The van der Waals surface area contributed by atoms with Crippen LogP contribution in [0.1, 0.15) is 72.6 Å². The molecule has 4 aliphatic rings. The van der Waals surface area contributed by atoms with Crippen LogP contribution >= 0.6 is 0 Å². The predicted molar refractivity (Wildman–Crippen MR) is 104 cm³/mol. The fourth-order valence-corrected chi connectivity index (χ4v) is 7.56. The molecule has 0 aromatic rings. The number of allylic oxidation sites excluding steroid dienone is 1. The second-order valence-electron chi connectivity index (χ2n) is 10.2. The Morgan fingerprint density at radius 1 is 1.14 bits per heavy atom. The molecule has 0 amide bonds. The minimum Gasteiger partial charge on any atom is -0.462 e. The van der Waals surface area contributed by atoms with Crippen molar-refractivity contribution in [2.45, 2.75) is 90.4 Å². The van der Waals surface area contributed by atoms with Gasteiger partial charge < -0.3 is 14.9 Å². The highest BCUT2D eigenvalue weighted by Crippen LogP contribution is 2.68. The van der Waals surface area contributed by atoms with Crippen LogP contribution in [0, 0.1) is 28.6 Å². The maximum atomic E-state index is 12.3. The Morgan fingerprint density at radius 2 is 1.86 bits per heavy atom. The lowest BCUT2D eigenvalue weighted by atomic mass is 9.45. The summed E-state index contributed by atoms with van der Waals surface area (Å²) in [5, 5.41) is 23.2. The van der Waals surface area contributed by atoms with Gasteiger partial charge in [-0.15, -0.1) is 0 Å². The van der Waals surface area contributed by atoms with Gasteiger partial charge in [-0.05, 0) is 62.7 Å². The minimum absolute atomic E-state index is 0.0595. The third-order valence-corrected chi connectivity index (χ3v) is 9.17. The van der Waals surface area contributed by atoms with Crippen LogP contribution < -0.4 is 0 Å². The fraction of sp³-hybridized carbons (Fsp3) is 0.826. The van der Waals surface area contributed by atoms with Crippen molar-refractivity contribution in [2.75, 3.05) is 0 Å². The van der Waals surface area contributed by atoms with E-state index in [1.54, 1.807) is 6.92 Å². The molecule has 5 heteroatoms. The Balaban J connectivity index is 1.68. The van der Waals surface area contributed by atoms with Gasteiger partial charge in [0.2, 0.25) is 0 Å². The van der Waals surface area contributed by atoms with Gasteiger partial charge >= 0.3 is 5.97 Å². The van der Waals surface area contributed by atoms with Crippen molar-refractivity contribution < 1.29 is 24.5 Å². The average molecular weight is 391 g/mol. The molecule has 3 fully saturated rings. The average Bonchev–Trinajstić information content (AvgIpc) is 2.89. The van der Waals surface area contributed by atoms with E-state index < -0.39 is 17.1 Å². The Hall–Kier alpha value is -1.20. The summed E-state index contributed by atoms with van der Waals surface area (Å²) < 4.78 is 5.47. The number of aliphatic hydroxyl groups is 2. The van der Waals surface area contributed by atoms with Crippen molar-refractivity contribution in [3.05, 3.63) is 11.6 Å². The third-order valence-electron chi connectivity index (χ3n) is 9.17. The van der Waals surface area contributed by atoms with Crippen molar-refractivity contribution in [3.63, 3.8) is 0 Å². The number of rotatable bonds is 2. The third kappa shape index (κ3) is 2.51. The molecule has 8 atom stereocenters. The summed E-state index contributed by atoms with van der Waals surface area (Å²) in [7, 11) is 0. The molecule has 0 saturated heterocycles. The van der Waals surface area contributed by atoms with E-state index >= 15 is 0 Å². The summed E-state index contributed by atoms with van der Waals surface area (Å²) in [4.78, 5) is 23.7. The molecule has 0 bridgehead atoms. The fourth-order valence-electron chi connectivity index (χ4n) is 7.56. The number of ketones is 1. The number of Topliss-reactive ketones (excluding diaryl/α,β-unsaturated/α-hetero) is 1. The van der Waals surface area contributed by atoms with Crippen LogP contribution in [0.5, 0.6) is 0 Å². The summed E-state index contributed by atoms with van der Waals surface area (Å²) in [6, 6.07) is 0. The highest BCUT2D eigenvalue weighted by atomic mass is 16.5. The first kappa shape index (κ1) is 20.1. The van der Waals surface area contributed by atoms with Gasteiger partial charge in [-0.25, -0.2) is 0 Å². The monoisotopic (exact) mass is 390 g/mol. The molecule has 0 aromatic heterocycles. The van der Waals surface area contributed by atoms with E-state index in [1.807, 2.05) is 6.92 Å². The molecule has 0 radical (unpaired) electrons. The van der Waals surface area contributed by atoms with E-state index in [0.717, 1.165) is 25.7 Å². The van der Waals surface area contributed by atoms with Gasteiger partial charge in [0.25, 0.3) is 0 Å². The largest absolute Gasteiger partial charge is 0.462 e. The van der Waals surface area contributed by atoms with Gasteiger partial charge in [0.05, 0.1) is 11.7 Å². The summed E-state index contributed by atoms with van der Waals surface area (Å²) in [6.45, 7) is 7.25. The van der Waals surface area contributed by atoms with Crippen molar-refractivity contribution in [1.29, 1.82) is 0 Å². The zero-order valence-corrected chi connectivity index (χ0v) is 17.5. The predicted octanol–water partition coefficient (Wildman–Crippen LogP) is 3.17. The van der Waals surface area contributed by atoms with E-state index in [0.29, 0.717) is 19.3 Å². The molecule has 0 spiro atoms. The first-order valence-electron chi connectivity index (χ1n) is 10.8. The van der Waals surface area contributed by atoms with Crippen molar-refractivity contribution >= 4 is 11.8 Å². The zero-order valence-electron chi connectivity index (χ0n) is 17.5. The molecule has 4 aliphatic carbocycles. The molecule has 0 heterocycles. The number of aliphatic hydroxyl groups excluding tert-OH is 1. The maximum Gasteiger partial charge on any atom is 0.302 e. The number of fused-ring (bicyclic) bond motifs is 5. The number of hydrogen-bond acceptors (Lipinski definition) is 5. The van der Waals surface area contributed by atoms with Gasteiger partial charge in [0.1, 0.15) is 11.9 Å². The molecule has 28 heavy (non-hydrogen) atoms. The van der Waals surface area contributed by atoms with Gasteiger partial charge in [-0.2, -0.15) is 0 Å². The van der Waals surface area contributed by atoms with Crippen molar-refractivity contribution in [1.82, 2.24) is 0 Å². The quantitative estimate of drug-likeness (QED) is 0.559. The molecule has 5 nitrogen and oxygen atoms in total. The molecule has 4 rings (SSSR count). The molecular weight excluding hydrogens is 356 g/mol. The minimum atomic E-state index is -1.01. The number of hydrogen-bond donors (Lipinski definition) is 2. The lowest BCUT2D eigenvalue weighted by Crippen LogP contribution is -2.66. The second-order valence-corrected chi connectivity index (χ2v) is 10.2. The molecular formula is C23H34O5. The SMILES string of the molecule is CC(=O)O[C@H]1CC[C@@]2(C)C(=CCC3C2C[C@@H](O)[C@]2(C)[C@@H](C(C)=O)CC[C@]32O)C1. The van der Waals surface area contributed by atoms with E-state index in [2.05, 4.69) is 13.0 Å². The van der Waals surface area contributed by atoms with E-state index in [1.165, 1.54) is 12.5 Å². The van der Waals surface area contributed by atoms with Crippen molar-refractivity contribution in [2.24, 2.45) is 28.6 Å². The Labute approximate surface area is 167 Å². The summed E-state index contributed by atoms with van der Waals surface area (Å²) in [5.41, 5.74) is -0.557. The van der Waals surface area contributed by atoms with Crippen LogP contribution in [0.3, 0.4) is 0 Å². The number of carbonyl (C=O) groups is 2. The van der Waals surface area contributed by atoms with Crippen LogP contribution in [0.2, 0.25) is 0 Å². The normalized spacial score (nSPS) is 50.1. The number of esters is 1. The molecule has 3 saturated carbocycles. The van der Waals surface area contributed by atoms with Gasteiger partial charge in [-0.3, -0.25) is 9.59 Å². The van der Waals surface area contributed by atoms with Crippen LogP contribution in [0.25, 0.3) is 0 Å². The topological polar surface area (TPSA) is 83.8 Å². The highest BCUT2D eigenvalue weighted by molar-refractivity contribution is 5.80. The van der Waals surface area contributed by atoms with Crippen LogP contribution in [0.15, 0.2) is 11.6 Å². The van der Waals surface area contributed by atoms with E-state index in [-0.39, 0.29) is 41.0 Å². The Bertz CT molecular complexity index is 729. The Kier molecular flexibility index (Phi) is 4.59. The smallest absolute Gasteiger partial charge is 0.302 e. The lowest BCUT2D eigenvalue weighted by molar-refractivity contribution is -0.224. The molecule has 0 aromatic carbocycles. The lowest BCUT2D eigenvalue weighted by Gasteiger charge is -2.62. The van der Waals surface area contributed by atoms with E-state index in [9.17, 15) is 19.8 Å². The van der Waals surface area contributed by atoms with Crippen LogP contribution in [-0.2, 0) is 14.3 Å². The van der Waals surface area contributed by atoms with Gasteiger partial charge in [0, 0.05) is 24.7 Å². The summed E-state index contributed by atoms with van der Waals surface area (Å²) in [6.07, 6.45) is 6.61. The zero-order chi connectivity index (χ0) is 20.5. The molecule has 2 N–H and O–H groups in total. The molecule has 156 valence electrons. The van der Waals surface area contributed by atoms with Crippen LogP contribution in [0.4, 0.5) is 0 Å². The first-order chi connectivity index (χ1) is 13.0.